The van der Waals surface area contributed by atoms with E-state index in [0.29, 0.717) is 6.61 Å². The Hall–Kier alpha value is -6.06. The fourth-order valence-corrected chi connectivity index (χ4v) is 15.0. The van der Waals surface area contributed by atoms with E-state index in [1.54, 1.807) is 29.6 Å². The van der Waals surface area contributed by atoms with E-state index >= 15 is 13.2 Å². The average Bonchev–Trinajstić information content (AvgIpc) is 4.27. The molecular weight excluding hydrogens is 1010 g/mol. The van der Waals surface area contributed by atoms with Crippen LogP contribution in [0.25, 0.3) is 37.4 Å². The Morgan fingerprint density at radius 2 is 1.15 bits per heavy atom. The van der Waals surface area contributed by atoms with Gasteiger partial charge in [-0.3, -0.25) is 0 Å². The van der Waals surface area contributed by atoms with Crippen LogP contribution in [0.4, 0.5) is 18.9 Å². The Morgan fingerprint density at radius 3 is 1.64 bits per heavy atom. The summed E-state index contributed by atoms with van der Waals surface area (Å²) in [6.07, 6.45) is 20.2. The summed E-state index contributed by atoms with van der Waals surface area (Å²) in [7, 11) is 4.14. The highest BCUT2D eigenvalue weighted by Crippen LogP contribution is 2.64. The molecule has 6 nitrogen and oxygen atoms in total. The molecule has 1 unspecified atom stereocenters. The number of unbranched alkanes of at least 4 members (excludes halogenated alkanes) is 12. The van der Waals surface area contributed by atoms with Gasteiger partial charge in [-0.15, -0.1) is 22.7 Å². The van der Waals surface area contributed by atoms with Gasteiger partial charge in [-0.05, 0) is 114 Å². The number of fused-ring (bicyclic) bond motifs is 6. The van der Waals surface area contributed by atoms with Crippen LogP contribution in [-0.4, -0.2) is 25.9 Å². The van der Waals surface area contributed by atoms with Gasteiger partial charge in [-0.1, -0.05) is 167 Å². The highest BCUT2D eigenvalue weighted by molar-refractivity contribution is 7.19. The summed E-state index contributed by atoms with van der Waals surface area (Å²) in [6, 6.07) is 32.1. The lowest BCUT2D eigenvalue weighted by Crippen LogP contribution is -2.43. The van der Waals surface area contributed by atoms with E-state index in [2.05, 4.69) is 113 Å². The quantitative estimate of drug-likeness (QED) is 0.0384. The molecule has 1 aliphatic heterocycles. The third-order valence-electron chi connectivity index (χ3n) is 16.8. The number of anilines is 1. The van der Waals surface area contributed by atoms with Crippen LogP contribution in [0, 0.1) is 34.0 Å². The minimum absolute atomic E-state index is 0.222. The molecule has 3 heterocycles. The van der Waals surface area contributed by atoms with E-state index in [4.69, 9.17) is 9.47 Å². The largest absolute Gasteiger partial charge is 0.488 e. The van der Waals surface area contributed by atoms with Crippen LogP contribution < -0.4 is 9.64 Å². The molecule has 11 heteroatoms. The molecule has 0 radical (unpaired) electrons. The van der Waals surface area contributed by atoms with Crippen LogP contribution >= 0.6 is 22.7 Å². The highest BCUT2D eigenvalue weighted by Gasteiger charge is 2.61. The summed E-state index contributed by atoms with van der Waals surface area (Å²) in [5.74, 6) is 0.238. The molecule has 8 rings (SSSR count). The second-order valence-electron chi connectivity index (χ2n) is 22.2. The van der Waals surface area contributed by atoms with Gasteiger partial charge in [0.15, 0.2) is 11.3 Å². The van der Waals surface area contributed by atoms with Crippen molar-refractivity contribution in [2.75, 3.05) is 19.0 Å². The van der Waals surface area contributed by atoms with Crippen molar-refractivity contribution in [1.82, 2.24) is 0 Å². The first-order valence-electron chi connectivity index (χ1n) is 28.8. The number of halogens is 3. The second-order valence-corrected chi connectivity index (χ2v) is 24.4. The van der Waals surface area contributed by atoms with E-state index in [1.165, 1.54) is 79.8 Å². The van der Waals surface area contributed by atoms with E-state index in [1.807, 2.05) is 23.5 Å². The Morgan fingerprint density at radius 1 is 0.628 bits per heavy atom. The fraction of sp³-hybridized carbons (Fsp3) is 0.478. The molecule has 410 valence electrons. The van der Waals surface area contributed by atoms with Gasteiger partial charge in [-0.25, -0.2) is 0 Å². The van der Waals surface area contributed by atoms with Gasteiger partial charge < -0.3 is 14.4 Å². The molecule has 3 aliphatic rings. The van der Waals surface area contributed by atoms with Crippen molar-refractivity contribution in [2.45, 2.75) is 192 Å². The zero-order valence-corrected chi connectivity index (χ0v) is 48.6. The molecule has 2 aromatic heterocycles. The van der Waals surface area contributed by atoms with Crippen molar-refractivity contribution in [2.24, 2.45) is 0 Å². The van der Waals surface area contributed by atoms with Crippen LogP contribution in [0.3, 0.4) is 0 Å². The van der Waals surface area contributed by atoms with E-state index in [0.717, 1.165) is 137 Å². The van der Waals surface area contributed by atoms with Gasteiger partial charge in [0, 0.05) is 67.3 Å². The second kappa shape index (κ2) is 25.4. The van der Waals surface area contributed by atoms with Crippen LogP contribution in [0.1, 0.15) is 196 Å². The number of hydrogen-bond donors (Lipinski definition) is 0. The number of nitrogens with zero attached hydrogens (tertiary/aromatic N) is 4. The Bertz CT molecular complexity index is 3110. The van der Waals surface area contributed by atoms with Gasteiger partial charge >= 0.3 is 6.18 Å². The number of hydrogen-bond acceptors (Lipinski definition) is 8. The maximum Gasteiger partial charge on any atom is 0.432 e. The highest BCUT2D eigenvalue weighted by atomic mass is 32.1. The minimum atomic E-state index is -4.95. The summed E-state index contributed by atoms with van der Waals surface area (Å²) >= 11 is 3.52. The first-order chi connectivity index (χ1) is 37.7. The number of thiophene rings is 2. The minimum Gasteiger partial charge on any atom is -0.488 e. The number of nitriles is 3. The normalized spacial score (nSPS) is 16.6. The molecule has 3 aromatic carbocycles. The molecule has 0 saturated carbocycles. The van der Waals surface area contributed by atoms with Gasteiger partial charge in [0.1, 0.15) is 36.1 Å². The molecule has 0 amide bonds. The van der Waals surface area contributed by atoms with Gasteiger partial charge in [0.2, 0.25) is 5.60 Å². The van der Waals surface area contributed by atoms with E-state index in [9.17, 15) is 15.8 Å². The molecule has 0 fully saturated rings. The van der Waals surface area contributed by atoms with Crippen molar-refractivity contribution < 1.29 is 22.6 Å². The van der Waals surface area contributed by atoms with Gasteiger partial charge in [0.05, 0.1) is 0 Å². The predicted octanol–water partition coefficient (Wildman–Crippen LogP) is 20.0. The lowest BCUT2D eigenvalue weighted by Gasteiger charge is -2.34. The Kier molecular flexibility index (Phi) is 18.9. The number of alkyl halides is 3. The topological polar surface area (TPSA) is 93.1 Å². The van der Waals surface area contributed by atoms with Crippen molar-refractivity contribution in [3.8, 4) is 55.3 Å². The maximum absolute atomic E-state index is 15.1. The molecule has 0 saturated heterocycles. The third kappa shape index (κ3) is 11.4. The molecule has 1 atom stereocenters. The summed E-state index contributed by atoms with van der Waals surface area (Å²) in [6.45, 7) is 10.4. The average molecular weight is 1090 g/mol. The zero-order valence-electron chi connectivity index (χ0n) is 47.0. The SMILES string of the molecule is CCCCCCC1(CCCCCC)c2cc3c(cc2-c2sc(/C=C/C4=C(C#N)C(=C(C#N)C#N)OC4(C)C(F)(F)F)cc21)C(CCCCCC)(CCCCCC)c1cc(-c2ccc(N(C)C)cc2OCc2ccccc2)sc1-3. The summed E-state index contributed by atoms with van der Waals surface area (Å²) in [4.78, 5) is 6.67. The van der Waals surface area contributed by atoms with Crippen LogP contribution in [0.15, 0.2) is 101 Å². The van der Waals surface area contributed by atoms with Crippen molar-refractivity contribution in [3.05, 3.63) is 134 Å². The lowest BCUT2D eigenvalue weighted by molar-refractivity contribution is -0.236. The maximum atomic E-state index is 15.1. The van der Waals surface area contributed by atoms with Crippen molar-refractivity contribution in [3.63, 3.8) is 0 Å². The monoisotopic (exact) mass is 1090 g/mol. The number of ether oxygens (including phenoxy) is 2. The van der Waals surface area contributed by atoms with Crippen LogP contribution in [0.2, 0.25) is 0 Å². The predicted molar refractivity (Wildman–Crippen MR) is 316 cm³/mol. The molecular formula is C67H77F3N4O2S2. The molecule has 0 bridgehead atoms. The Balaban J connectivity index is 1.35. The van der Waals surface area contributed by atoms with Crippen molar-refractivity contribution >= 4 is 34.4 Å². The summed E-state index contributed by atoms with van der Waals surface area (Å²) in [5, 5.41) is 29.7. The van der Waals surface area contributed by atoms with E-state index in [-0.39, 0.29) is 10.8 Å². The van der Waals surface area contributed by atoms with Crippen LogP contribution in [-0.2, 0) is 22.2 Å². The van der Waals surface area contributed by atoms with Crippen LogP contribution in [0.5, 0.6) is 5.75 Å². The first kappa shape index (κ1) is 58.1. The summed E-state index contributed by atoms with van der Waals surface area (Å²) in [5.41, 5.74) is 6.34. The smallest absolute Gasteiger partial charge is 0.432 e. The number of benzene rings is 3. The lowest BCUT2D eigenvalue weighted by atomic mass is 9.68. The van der Waals surface area contributed by atoms with E-state index < -0.39 is 34.3 Å². The zero-order chi connectivity index (χ0) is 55.7. The standard InChI is InChI=1S/C67H77F3N4O2S2/c1-8-12-16-23-33-65(34-24-17-13-9-2)55-40-52-56(39-51(55)62-57(65)38-49(77-62)30-32-54-53(44-73)61(47(42-71)43-72)76-64(54,5)67(68,69)70)66(35-25-18-14-10-3,36-26-19-15-11-4)58-41-60(78-63(52)58)50-31-29-48(74(6)7)37-59(50)75-45-46-27-21-20-22-28-46/h20-22,27-32,37-41H,8-19,23-26,33-36,45H2,1-7H3/b32-30+. The fourth-order valence-electron chi connectivity index (χ4n) is 12.5. The Labute approximate surface area is 470 Å². The number of rotatable bonds is 27. The van der Waals surface area contributed by atoms with Gasteiger partial charge in [0.25, 0.3) is 0 Å². The molecule has 5 aromatic rings. The number of allylic oxidation sites excluding steroid dienone is 2. The summed E-state index contributed by atoms with van der Waals surface area (Å²) < 4.78 is 57.4. The first-order valence-corrected chi connectivity index (χ1v) is 30.4. The third-order valence-corrected chi connectivity index (χ3v) is 19.2. The molecule has 2 aliphatic carbocycles. The van der Waals surface area contributed by atoms with Gasteiger partial charge in [-0.2, -0.15) is 29.0 Å². The van der Waals surface area contributed by atoms with Crippen molar-refractivity contribution in [1.29, 1.82) is 15.8 Å². The molecule has 78 heavy (non-hydrogen) atoms. The molecule has 0 spiro atoms. The molecule has 0 N–H and O–H groups in total.